The molecular formula is C29H30O6. The maximum atomic E-state index is 12.4. The molecule has 1 heterocycles. The van der Waals surface area contributed by atoms with E-state index >= 15 is 0 Å². The van der Waals surface area contributed by atoms with Gasteiger partial charge in [-0.1, -0.05) is 91.0 Å². The molecule has 0 amide bonds. The van der Waals surface area contributed by atoms with Crippen molar-refractivity contribution in [3.8, 4) is 0 Å². The van der Waals surface area contributed by atoms with E-state index < -0.39 is 24.3 Å². The van der Waals surface area contributed by atoms with Gasteiger partial charge in [-0.05, 0) is 22.8 Å². The number of benzene rings is 3. The Balaban J connectivity index is 1.52. The van der Waals surface area contributed by atoms with E-state index in [4.69, 9.17) is 23.7 Å². The molecule has 0 spiro atoms. The fourth-order valence-electron chi connectivity index (χ4n) is 3.82. The topological polar surface area (TPSA) is 63.2 Å². The van der Waals surface area contributed by atoms with Gasteiger partial charge in [0.05, 0.1) is 33.5 Å². The van der Waals surface area contributed by atoms with E-state index in [2.05, 4.69) is 0 Å². The molecule has 1 aliphatic rings. The maximum Gasteiger partial charge on any atom is 0.373 e. The minimum absolute atomic E-state index is 0.0958. The van der Waals surface area contributed by atoms with E-state index in [1.165, 1.54) is 7.11 Å². The molecule has 3 atom stereocenters. The average Bonchev–Trinajstić information content (AvgIpc) is 2.92. The van der Waals surface area contributed by atoms with Gasteiger partial charge in [0, 0.05) is 0 Å². The molecule has 3 aromatic carbocycles. The zero-order valence-electron chi connectivity index (χ0n) is 19.7. The molecule has 0 fully saturated rings. The highest BCUT2D eigenvalue weighted by Gasteiger charge is 2.39. The average molecular weight is 475 g/mol. The molecule has 0 bridgehead atoms. The number of hydrogen-bond donors (Lipinski definition) is 0. The largest absolute Gasteiger partial charge is 0.478 e. The van der Waals surface area contributed by atoms with Crippen molar-refractivity contribution in [2.75, 3.05) is 13.7 Å². The normalized spacial score (nSPS) is 19.5. The van der Waals surface area contributed by atoms with Gasteiger partial charge in [0.2, 0.25) is 5.76 Å². The van der Waals surface area contributed by atoms with Crippen LogP contribution in [-0.4, -0.2) is 38.0 Å². The van der Waals surface area contributed by atoms with Gasteiger partial charge in [-0.15, -0.1) is 0 Å². The van der Waals surface area contributed by atoms with Crippen LogP contribution in [0.25, 0.3) is 0 Å². The quantitative estimate of drug-likeness (QED) is 0.371. The lowest BCUT2D eigenvalue weighted by Gasteiger charge is -2.36. The molecule has 0 aromatic heterocycles. The standard InChI is InChI=1S/C29H30O6/c1-31-29(30)26-17-25(33-19-23-13-7-3-8-14-23)28(34-20-24-15-9-4-10-16-24)27(35-26)21-32-18-22-11-5-2-6-12-22/h2-17,25,27-28H,18-21H2,1H3/t25-,27-,28+/m1/s1. The van der Waals surface area contributed by atoms with E-state index in [1.54, 1.807) is 6.08 Å². The van der Waals surface area contributed by atoms with Crippen LogP contribution < -0.4 is 0 Å². The summed E-state index contributed by atoms with van der Waals surface area (Å²) < 4.78 is 29.5. The van der Waals surface area contributed by atoms with Gasteiger partial charge in [0.25, 0.3) is 0 Å². The smallest absolute Gasteiger partial charge is 0.373 e. The Bertz CT molecular complexity index is 1070. The van der Waals surface area contributed by atoms with Gasteiger partial charge in [0.15, 0.2) is 6.10 Å². The van der Waals surface area contributed by atoms with Gasteiger partial charge in [-0.3, -0.25) is 0 Å². The lowest BCUT2D eigenvalue weighted by atomic mass is 10.0. The second-order valence-corrected chi connectivity index (χ2v) is 8.20. The fourth-order valence-corrected chi connectivity index (χ4v) is 3.82. The van der Waals surface area contributed by atoms with Crippen LogP contribution in [0.4, 0.5) is 0 Å². The lowest BCUT2D eigenvalue weighted by molar-refractivity contribution is -0.166. The Hall–Kier alpha value is -3.45. The summed E-state index contributed by atoms with van der Waals surface area (Å²) in [6.45, 7) is 1.36. The first-order chi connectivity index (χ1) is 17.2. The molecule has 0 saturated carbocycles. The number of carbonyl (C=O) groups excluding carboxylic acids is 1. The molecule has 0 saturated heterocycles. The van der Waals surface area contributed by atoms with Crippen LogP contribution in [0.15, 0.2) is 103 Å². The molecule has 6 heteroatoms. The van der Waals surface area contributed by atoms with E-state index in [9.17, 15) is 4.79 Å². The first-order valence-corrected chi connectivity index (χ1v) is 11.6. The van der Waals surface area contributed by atoms with Crippen LogP contribution in [0.3, 0.4) is 0 Å². The number of methoxy groups -OCH3 is 1. The predicted molar refractivity (Wildman–Crippen MR) is 131 cm³/mol. The molecule has 1 aliphatic heterocycles. The summed E-state index contributed by atoms with van der Waals surface area (Å²) in [6.07, 6.45) is 0.0375. The first kappa shape index (κ1) is 24.7. The van der Waals surface area contributed by atoms with Crippen molar-refractivity contribution >= 4 is 5.97 Å². The molecule has 6 nitrogen and oxygen atoms in total. The van der Waals surface area contributed by atoms with E-state index in [0.29, 0.717) is 19.8 Å². The van der Waals surface area contributed by atoms with Crippen molar-refractivity contribution in [3.05, 3.63) is 120 Å². The summed E-state index contributed by atoms with van der Waals surface area (Å²) in [7, 11) is 1.32. The highest BCUT2D eigenvalue weighted by atomic mass is 16.6. The van der Waals surface area contributed by atoms with Crippen molar-refractivity contribution in [2.45, 2.75) is 38.1 Å². The second-order valence-electron chi connectivity index (χ2n) is 8.20. The van der Waals surface area contributed by atoms with Crippen LogP contribution in [0, 0.1) is 0 Å². The maximum absolute atomic E-state index is 12.4. The fraction of sp³-hybridized carbons (Fsp3) is 0.276. The highest BCUT2D eigenvalue weighted by molar-refractivity contribution is 5.86. The minimum Gasteiger partial charge on any atom is -0.478 e. The Kier molecular flexibility index (Phi) is 9.06. The van der Waals surface area contributed by atoms with Crippen molar-refractivity contribution in [2.24, 2.45) is 0 Å². The van der Waals surface area contributed by atoms with Gasteiger partial charge >= 0.3 is 5.97 Å². The summed E-state index contributed by atoms with van der Waals surface area (Å²) in [5.41, 5.74) is 3.09. The third kappa shape index (κ3) is 7.26. The molecule has 0 N–H and O–H groups in total. The summed E-state index contributed by atoms with van der Waals surface area (Å²) in [5.74, 6) is -0.466. The molecule has 0 radical (unpaired) electrons. The number of esters is 1. The number of carbonyl (C=O) groups is 1. The Morgan fingerprint density at radius 3 is 1.80 bits per heavy atom. The van der Waals surface area contributed by atoms with Crippen molar-refractivity contribution in [3.63, 3.8) is 0 Å². The summed E-state index contributed by atoms with van der Waals surface area (Å²) >= 11 is 0. The molecule has 4 rings (SSSR count). The van der Waals surface area contributed by atoms with Crippen molar-refractivity contribution in [1.29, 1.82) is 0 Å². The summed E-state index contributed by atoms with van der Waals surface area (Å²) in [4.78, 5) is 12.4. The van der Waals surface area contributed by atoms with E-state index in [-0.39, 0.29) is 12.4 Å². The van der Waals surface area contributed by atoms with Gasteiger partial charge < -0.3 is 23.7 Å². The summed E-state index contributed by atoms with van der Waals surface area (Å²) in [5, 5.41) is 0. The highest BCUT2D eigenvalue weighted by Crippen LogP contribution is 2.26. The second kappa shape index (κ2) is 12.9. The van der Waals surface area contributed by atoms with Crippen LogP contribution in [0.2, 0.25) is 0 Å². The Labute approximate surface area is 206 Å². The predicted octanol–water partition coefficient (Wildman–Crippen LogP) is 4.83. The monoisotopic (exact) mass is 474 g/mol. The van der Waals surface area contributed by atoms with Crippen LogP contribution in [0.1, 0.15) is 16.7 Å². The first-order valence-electron chi connectivity index (χ1n) is 11.6. The number of rotatable bonds is 11. The molecule has 0 unspecified atom stereocenters. The Morgan fingerprint density at radius 2 is 1.26 bits per heavy atom. The van der Waals surface area contributed by atoms with Gasteiger partial charge in [-0.25, -0.2) is 4.79 Å². The number of hydrogen-bond acceptors (Lipinski definition) is 6. The molecule has 0 aliphatic carbocycles. The number of ether oxygens (including phenoxy) is 5. The third-order valence-electron chi connectivity index (χ3n) is 5.64. The zero-order valence-corrected chi connectivity index (χ0v) is 19.7. The van der Waals surface area contributed by atoms with E-state index in [1.807, 2.05) is 91.0 Å². The summed E-state index contributed by atoms with van der Waals surface area (Å²) in [6, 6.07) is 29.6. The lowest BCUT2D eigenvalue weighted by Crippen LogP contribution is -2.48. The molecule has 35 heavy (non-hydrogen) atoms. The van der Waals surface area contributed by atoms with Gasteiger partial charge in [-0.2, -0.15) is 0 Å². The molecule has 3 aromatic rings. The van der Waals surface area contributed by atoms with Crippen LogP contribution in [-0.2, 0) is 48.3 Å². The molecule has 182 valence electrons. The van der Waals surface area contributed by atoms with Gasteiger partial charge in [0.1, 0.15) is 12.2 Å². The van der Waals surface area contributed by atoms with Crippen LogP contribution >= 0.6 is 0 Å². The third-order valence-corrected chi connectivity index (χ3v) is 5.64. The zero-order chi connectivity index (χ0) is 24.3. The van der Waals surface area contributed by atoms with Crippen LogP contribution in [0.5, 0.6) is 0 Å². The van der Waals surface area contributed by atoms with Crippen molar-refractivity contribution in [1.82, 2.24) is 0 Å². The molecular weight excluding hydrogens is 444 g/mol. The van der Waals surface area contributed by atoms with Crippen molar-refractivity contribution < 1.29 is 28.5 Å². The Morgan fingerprint density at radius 1 is 0.743 bits per heavy atom. The SMILES string of the molecule is COC(=O)C1=C[C@@H](OCc2ccccc2)[C@H](OCc2ccccc2)[C@@H](COCc2ccccc2)O1. The van der Waals surface area contributed by atoms with E-state index in [0.717, 1.165) is 16.7 Å². The minimum atomic E-state index is -0.567.